The SMILES string of the molecule is CC(C)c1cnn2c(N[C@H]3CCc4cn[nH]c4C3)cc(-c3cncc(F)c3)nc12.S. The Labute approximate surface area is 180 Å². The summed E-state index contributed by atoms with van der Waals surface area (Å²) in [6.45, 7) is 4.23. The highest BCUT2D eigenvalue weighted by Crippen LogP contribution is 2.28. The van der Waals surface area contributed by atoms with Gasteiger partial charge in [-0.05, 0) is 30.4 Å². The standard InChI is InChI=1S/C21H22FN7.H2S/c1-12(2)17-11-25-29-20(26-16-4-3-13-9-24-28-19(13)6-16)7-18(27-21(17)29)14-5-15(22)10-23-8-14;/h5,7-12,16,26H,3-4,6H2,1-2H3,(H,24,28);1H2/t16-;/m0./s1. The van der Waals surface area contributed by atoms with Crippen LogP contribution in [0.3, 0.4) is 0 Å². The molecule has 1 aliphatic carbocycles. The van der Waals surface area contributed by atoms with Crippen LogP contribution >= 0.6 is 13.5 Å². The van der Waals surface area contributed by atoms with Crippen molar-refractivity contribution >= 4 is 25.0 Å². The third kappa shape index (κ3) is 3.65. The van der Waals surface area contributed by atoms with Gasteiger partial charge in [0.15, 0.2) is 5.65 Å². The van der Waals surface area contributed by atoms with E-state index in [1.165, 1.54) is 23.5 Å². The van der Waals surface area contributed by atoms with Crippen molar-refractivity contribution in [3.05, 3.63) is 59.6 Å². The van der Waals surface area contributed by atoms with E-state index in [0.717, 1.165) is 36.3 Å². The summed E-state index contributed by atoms with van der Waals surface area (Å²) in [7, 11) is 0. The monoisotopic (exact) mass is 425 g/mol. The number of pyridine rings is 1. The molecule has 9 heteroatoms. The second-order valence-corrected chi connectivity index (χ2v) is 7.87. The van der Waals surface area contributed by atoms with E-state index in [1.54, 1.807) is 6.20 Å². The second kappa shape index (κ2) is 8.06. The molecule has 4 heterocycles. The fraction of sp³-hybridized carbons (Fsp3) is 0.333. The van der Waals surface area contributed by atoms with Crippen LogP contribution in [0.2, 0.25) is 0 Å². The van der Waals surface area contributed by atoms with Gasteiger partial charge in [-0.1, -0.05) is 13.8 Å². The lowest BCUT2D eigenvalue weighted by molar-refractivity contribution is 0.598. The first-order valence-electron chi connectivity index (χ1n) is 9.85. The third-order valence-corrected chi connectivity index (χ3v) is 5.49. The molecule has 0 spiro atoms. The summed E-state index contributed by atoms with van der Waals surface area (Å²) in [6, 6.07) is 3.63. The molecule has 0 saturated carbocycles. The predicted octanol–water partition coefficient (Wildman–Crippen LogP) is 3.86. The van der Waals surface area contributed by atoms with E-state index >= 15 is 0 Å². The number of aromatic nitrogens is 6. The number of H-pyrrole nitrogens is 1. The summed E-state index contributed by atoms with van der Waals surface area (Å²) >= 11 is 0. The van der Waals surface area contributed by atoms with Crippen molar-refractivity contribution in [2.45, 2.75) is 45.1 Å². The van der Waals surface area contributed by atoms with Crippen LogP contribution in [-0.4, -0.2) is 35.8 Å². The van der Waals surface area contributed by atoms with Crippen LogP contribution in [0.15, 0.2) is 36.9 Å². The van der Waals surface area contributed by atoms with Crippen molar-refractivity contribution in [3.63, 3.8) is 0 Å². The number of hydrogen-bond donors (Lipinski definition) is 2. The summed E-state index contributed by atoms with van der Waals surface area (Å²) in [5.74, 6) is 0.737. The third-order valence-electron chi connectivity index (χ3n) is 5.49. The molecule has 0 aliphatic heterocycles. The molecular formula is C21H24FN7S. The van der Waals surface area contributed by atoms with E-state index in [0.29, 0.717) is 11.3 Å². The average Bonchev–Trinajstić information content (AvgIpc) is 3.34. The maximum Gasteiger partial charge on any atom is 0.161 e. The van der Waals surface area contributed by atoms with Gasteiger partial charge in [-0.25, -0.2) is 9.37 Å². The largest absolute Gasteiger partial charge is 0.367 e. The maximum absolute atomic E-state index is 13.8. The maximum atomic E-state index is 13.8. The quantitative estimate of drug-likeness (QED) is 0.519. The number of halogens is 1. The Bertz CT molecular complexity index is 1180. The molecule has 7 nitrogen and oxygen atoms in total. The molecule has 0 radical (unpaired) electrons. The molecule has 156 valence electrons. The first-order valence-corrected chi connectivity index (χ1v) is 9.85. The number of aromatic amines is 1. The number of rotatable bonds is 4. The molecule has 0 fully saturated rings. The van der Waals surface area contributed by atoms with Gasteiger partial charge >= 0.3 is 0 Å². The fourth-order valence-electron chi connectivity index (χ4n) is 3.93. The normalized spacial score (nSPS) is 15.8. The molecule has 4 aromatic rings. The highest BCUT2D eigenvalue weighted by molar-refractivity contribution is 7.59. The van der Waals surface area contributed by atoms with Gasteiger partial charge in [-0.15, -0.1) is 0 Å². The van der Waals surface area contributed by atoms with Crippen molar-refractivity contribution in [2.75, 3.05) is 5.32 Å². The Balaban J connectivity index is 0.00000218. The fourth-order valence-corrected chi connectivity index (χ4v) is 3.93. The first-order chi connectivity index (χ1) is 14.1. The van der Waals surface area contributed by atoms with E-state index in [-0.39, 0.29) is 31.3 Å². The molecule has 0 unspecified atom stereocenters. The minimum absolute atomic E-state index is 0. The number of fused-ring (bicyclic) bond motifs is 2. The van der Waals surface area contributed by atoms with Gasteiger partial charge < -0.3 is 5.32 Å². The minimum Gasteiger partial charge on any atom is -0.367 e. The average molecular weight is 426 g/mol. The highest BCUT2D eigenvalue weighted by atomic mass is 32.1. The van der Waals surface area contributed by atoms with Gasteiger partial charge in [0.2, 0.25) is 0 Å². The molecule has 0 saturated heterocycles. The Morgan fingerprint density at radius 2 is 2.07 bits per heavy atom. The summed E-state index contributed by atoms with van der Waals surface area (Å²) in [4.78, 5) is 8.77. The number of nitrogens with one attached hydrogen (secondary N) is 2. The molecule has 5 rings (SSSR count). The molecule has 30 heavy (non-hydrogen) atoms. The van der Waals surface area contributed by atoms with Crippen LogP contribution in [0.4, 0.5) is 10.2 Å². The molecular weight excluding hydrogens is 401 g/mol. The topological polar surface area (TPSA) is 83.8 Å². The zero-order chi connectivity index (χ0) is 20.0. The van der Waals surface area contributed by atoms with E-state index in [4.69, 9.17) is 4.98 Å². The highest BCUT2D eigenvalue weighted by Gasteiger charge is 2.22. The first kappa shape index (κ1) is 20.3. The molecule has 1 atom stereocenters. The summed E-state index contributed by atoms with van der Waals surface area (Å²) in [6.07, 6.45) is 9.46. The Hall–Kier alpha value is -2.94. The van der Waals surface area contributed by atoms with E-state index in [9.17, 15) is 4.39 Å². The van der Waals surface area contributed by atoms with Gasteiger partial charge in [0.1, 0.15) is 11.6 Å². The molecule has 0 aromatic carbocycles. The molecule has 4 aromatic heterocycles. The number of hydrogen-bond acceptors (Lipinski definition) is 5. The van der Waals surface area contributed by atoms with Gasteiger partial charge in [0.25, 0.3) is 0 Å². The lowest BCUT2D eigenvalue weighted by atomic mass is 9.94. The lowest BCUT2D eigenvalue weighted by Crippen LogP contribution is -2.28. The molecule has 0 amide bonds. The van der Waals surface area contributed by atoms with Gasteiger partial charge in [-0.2, -0.15) is 28.2 Å². The predicted molar refractivity (Wildman–Crippen MR) is 119 cm³/mol. The van der Waals surface area contributed by atoms with Crippen molar-refractivity contribution < 1.29 is 4.39 Å². The van der Waals surface area contributed by atoms with Crippen LogP contribution in [0, 0.1) is 5.82 Å². The summed E-state index contributed by atoms with van der Waals surface area (Å²) in [5, 5.41) is 15.5. The van der Waals surface area contributed by atoms with Crippen LogP contribution in [0.1, 0.15) is 43.0 Å². The van der Waals surface area contributed by atoms with Crippen LogP contribution < -0.4 is 5.32 Å². The van der Waals surface area contributed by atoms with E-state index < -0.39 is 0 Å². The van der Waals surface area contributed by atoms with Crippen LogP contribution in [-0.2, 0) is 12.8 Å². The van der Waals surface area contributed by atoms with E-state index in [2.05, 4.69) is 39.4 Å². The zero-order valence-corrected chi connectivity index (χ0v) is 17.9. The van der Waals surface area contributed by atoms with Crippen LogP contribution in [0.5, 0.6) is 0 Å². The molecule has 2 N–H and O–H groups in total. The number of anilines is 1. The summed E-state index contributed by atoms with van der Waals surface area (Å²) in [5.41, 5.74) is 5.62. The van der Waals surface area contributed by atoms with Crippen LogP contribution in [0.25, 0.3) is 16.9 Å². The van der Waals surface area contributed by atoms with Crippen molar-refractivity contribution in [3.8, 4) is 11.3 Å². The van der Waals surface area contributed by atoms with Crippen molar-refractivity contribution in [1.29, 1.82) is 0 Å². The Kier molecular flexibility index (Phi) is 5.46. The Morgan fingerprint density at radius 1 is 1.20 bits per heavy atom. The zero-order valence-electron chi connectivity index (χ0n) is 16.9. The van der Waals surface area contributed by atoms with Crippen molar-refractivity contribution in [1.82, 2.24) is 29.8 Å². The minimum atomic E-state index is -0.379. The number of nitrogens with zero attached hydrogens (tertiary/aromatic N) is 5. The van der Waals surface area contributed by atoms with Gasteiger partial charge in [0, 0.05) is 41.5 Å². The van der Waals surface area contributed by atoms with E-state index in [1.807, 2.05) is 23.0 Å². The number of aryl methyl sites for hydroxylation is 1. The van der Waals surface area contributed by atoms with Gasteiger partial charge in [-0.3, -0.25) is 10.1 Å². The Morgan fingerprint density at radius 3 is 2.87 bits per heavy atom. The lowest BCUT2D eigenvalue weighted by Gasteiger charge is -2.24. The molecule has 1 aliphatic rings. The smallest absolute Gasteiger partial charge is 0.161 e. The van der Waals surface area contributed by atoms with Gasteiger partial charge in [0.05, 0.1) is 24.3 Å². The molecule has 0 bridgehead atoms. The van der Waals surface area contributed by atoms with Crippen molar-refractivity contribution in [2.24, 2.45) is 0 Å². The second-order valence-electron chi connectivity index (χ2n) is 7.87. The summed E-state index contributed by atoms with van der Waals surface area (Å²) < 4.78 is 15.6.